The van der Waals surface area contributed by atoms with Crippen LogP contribution in [0.2, 0.25) is 0 Å². The predicted molar refractivity (Wildman–Crippen MR) is 105 cm³/mol. The average Bonchev–Trinajstić information content (AvgIpc) is 3.13. The number of anilines is 2. The van der Waals surface area contributed by atoms with Crippen molar-refractivity contribution in [3.63, 3.8) is 0 Å². The first-order chi connectivity index (χ1) is 12.3. The molecule has 3 nitrogen and oxygen atoms in total. The van der Waals surface area contributed by atoms with Gasteiger partial charge >= 0.3 is 0 Å². The Morgan fingerprint density at radius 2 is 1.60 bits per heavy atom. The van der Waals surface area contributed by atoms with Crippen molar-refractivity contribution in [3.8, 4) is 0 Å². The van der Waals surface area contributed by atoms with Crippen molar-refractivity contribution in [1.29, 1.82) is 0 Å². The molecule has 2 heterocycles. The second-order valence-electron chi connectivity index (χ2n) is 9.20. The number of nitrogens with zero attached hydrogens (tertiary/aromatic N) is 1. The molecule has 3 N–H and O–H groups in total. The molecule has 5 atom stereocenters. The molecule has 2 unspecified atom stereocenters. The van der Waals surface area contributed by atoms with E-state index in [2.05, 4.69) is 22.3 Å². The Labute approximate surface area is 152 Å². The van der Waals surface area contributed by atoms with Crippen LogP contribution >= 0.6 is 0 Å². The largest absolute Gasteiger partial charge is 0.397 e. The molecule has 0 radical (unpaired) electrons. The van der Waals surface area contributed by atoms with Gasteiger partial charge in [-0.25, -0.2) is 0 Å². The minimum atomic E-state index is 0.590. The van der Waals surface area contributed by atoms with Gasteiger partial charge in [-0.15, -0.1) is 0 Å². The third kappa shape index (κ3) is 2.95. The van der Waals surface area contributed by atoms with Gasteiger partial charge in [0.15, 0.2) is 0 Å². The van der Waals surface area contributed by atoms with E-state index in [0.29, 0.717) is 6.04 Å². The molecule has 0 aromatic heterocycles. The number of fused-ring (bicyclic) bond motifs is 4. The van der Waals surface area contributed by atoms with E-state index in [-0.39, 0.29) is 0 Å². The van der Waals surface area contributed by atoms with Crippen molar-refractivity contribution in [2.75, 3.05) is 11.1 Å². The molecule has 5 rings (SSSR count). The predicted octanol–water partition coefficient (Wildman–Crippen LogP) is 4.64. The summed E-state index contributed by atoms with van der Waals surface area (Å²) in [5.74, 6) is 2.03. The topological polar surface area (TPSA) is 41.3 Å². The van der Waals surface area contributed by atoms with E-state index in [1.54, 1.807) is 0 Å². The lowest BCUT2D eigenvalue weighted by atomic mass is 9.77. The van der Waals surface area contributed by atoms with Crippen LogP contribution in [0.25, 0.3) is 0 Å². The van der Waals surface area contributed by atoms with Gasteiger partial charge < -0.3 is 11.1 Å². The zero-order valence-electron chi connectivity index (χ0n) is 15.4. The molecule has 4 bridgehead atoms. The van der Waals surface area contributed by atoms with E-state index in [1.807, 2.05) is 12.1 Å². The van der Waals surface area contributed by atoms with Gasteiger partial charge in [-0.05, 0) is 62.5 Å². The fourth-order valence-electron chi connectivity index (χ4n) is 6.69. The van der Waals surface area contributed by atoms with Crippen LogP contribution in [0.15, 0.2) is 24.3 Å². The third-order valence-corrected chi connectivity index (χ3v) is 7.67. The summed E-state index contributed by atoms with van der Waals surface area (Å²) in [6.07, 6.45) is 14.5. The lowest BCUT2D eigenvalue weighted by Gasteiger charge is -2.41. The Balaban J connectivity index is 1.31. The summed E-state index contributed by atoms with van der Waals surface area (Å²) in [4.78, 5) is 2.97. The smallest absolute Gasteiger partial charge is 0.0576 e. The Morgan fingerprint density at radius 1 is 0.840 bits per heavy atom. The van der Waals surface area contributed by atoms with Crippen LogP contribution in [-0.2, 0) is 0 Å². The van der Waals surface area contributed by atoms with Crippen LogP contribution in [0.5, 0.6) is 0 Å². The molecule has 1 aromatic carbocycles. The minimum absolute atomic E-state index is 0.590. The normalized spacial score (nSPS) is 40.8. The second-order valence-corrected chi connectivity index (χ2v) is 9.20. The first-order valence-electron chi connectivity index (χ1n) is 10.7. The number of hydrogen-bond acceptors (Lipinski definition) is 3. The van der Waals surface area contributed by atoms with Gasteiger partial charge in [-0.3, -0.25) is 4.90 Å². The summed E-state index contributed by atoms with van der Waals surface area (Å²) in [6, 6.07) is 11.3. The van der Waals surface area contributed by atoms with Crippen molar-refractivity contribution in [1.82, 2.24) is 4.90 Å². The second kappa shape index (κ2) is 6.50. The molecule has 4 aliphatic rings. The molecule has 25 heavy (non-hydrogen) atoms. The van der Waals surface area contributed by atoms with Crippen LogP contribution in [0.3, 0.4) is 0 Å². The van der Waals surface area contributed by atoms with Gasteiger partial charge in [0, 0.05) is 24.2 Å². The zero-order valence-corrected chi connectivity index (χ0v) is 15.4. The number of rotatable bonds is 3. The number of para-hydroxylation sites is 2. The third-order valence-electron chi connectivity index (χ3n) is 7.67. The van der Waals surface area contributed by atoms with Crippen molar-refractivity contribution in [2.24, 2.45) is 11.8 Å². The van der Waals surface area contributed by atoms with Crippen LogP contribution < -0.4 is 11.1 Å². The van der Waals surface area contributed by atoms with Crippen LogP contribution in [0, 0.1) is 11.8 Å². The van der Waals surface area contributed by atoms with E-state index in [4.69, 9.17) is 5.73 Å². The quantitative estimate of drug-likeness (QED) is 0.788. The number of nitrogen functional groups attached to an aromatic ring is 1. The monoisotopic (exact) mass is 339 g/mol. The van der Waals surface area contributed by atoms with Gasteiger partial charge in [0.1, 0.15) is 0 Å². The van der Waals surface area contributed by atoms with Crippen LogP contribution in [0.1, 0.15) is 64.2 Å². The van der Waals surface area contributed by atoms with E-state index in [9.17, 15) is 0 Å². The zero-order chi connectivity index (χ0) is 16.8. The van der Waals surface area contributed by atoms with E-state index in [1.165, 1.54) is 64.2 Å². The molecule has 2 aliphatic carbocycles. The number of benzene rings is 1. The SMILES string of the molecule is Nc1ccccc1N[C@@H]1C[C@@H]2CC[C@H]1N2C1CC2CCCCC(C2)C1. The van der Waals surface area contributed by atoms with Gasteiger partial charge in [-0.2, -0.15) is 0 Å². The van der Waals surface area contributed by atoms with Gasteiger partial charge in [-0.1, -0.05) is 37.8 Å². The van der Waals surface area contributed by atoms with Crippen molar-refractivity contribution >= 4 is 11.4 Å². The number of hydrogen-bond donors (Lipinski definition) is 2. The van der Waals surface area contributed by atoms with Crippen molar-refractivity contribution in [2.45, 2.75) is 88.4 Å². The lowest BCUT2D eigenvalue weighted by Crippen LogP contribution is -2.46. The standard InChI is InChI=1S/C22H33N3/c23-19-7-3-4-8-20(19)24-21-14-17-9-10-22(21)25(17)18-12-15-5-1-2-6-16(11-15)13-18/h3-4,7-8,15-18,21-22,24H,1-2,5-6,9-14,23H2/t15?,16?,17-,18?,21+,22+/m0/s1. The summed E-state index contributed by atoms with van der Waals surface area (Å²) in [6.45, 7) is 0. The molecule has 2 saturated carbocycles. The molecule has 4 fully saturated rings. The minimum Gasteiger partial charge on any atom is -0.397 e. The molecular formula is C22H33N3. The van der Waals surface area contributed by atoms with E-state index in [0.717, 1.165) is 41.3 Å². The summed E-state index contributed by atoms with van der Waals surface area (Å²) < 4.78 is 0. The van der Waals surface area contributed by atoms with Gasteiger partial charge in [0.25, 0.3) is 0 Å². The lowest BCUT2D eigenvalue weighted by molar-refractivity contribution is 0.0864. The van der Waals surface area contributed by atoms with Crippen LogP contribution in [0.4, 0.5) is 11.4 Å². The van der Waals surface area contributed by atoms with Gasteiger partial charge in [0.05, 0.1) is 11.4 Å². The summed E-state index contributed by atoms with van der Waals surface area (Å²) in [5.41, 5.74) is 8.20. The highest BCUT2D eigenvalue weighted by atomic mass is 15.3. The highest BCUT2D eigenvalue weighted by molar-refractivity contribution is 5.66. The fourth-order valence-corrected chi connectivity index (χ4v) is 6.69. The molecular weight excluding hydrogens is 306 g/mol. The van der Waals surface area contributed by atoms with E-state index >= 15 is 0 Å². The fraction of sp³-hybridized carbons (Fsp3) is 0.727. The highest BCUT2D eigenvalue weighted by Crippen LogP contribution is 2.47. The Hall–Kier alpha value is -1.22. The maximum absolute atomic E-state index is 6.18. The first kappa shape index (κ1) is 16.0. The molecule has 3 heteroatoms. The molecule has 0 amide bonds. The molecule has 0 spiro atoms. The average molecular weight is 340 g/mol. The summed E-state index contributed by atoms with van der Waals surface area (Å²) in [7, 11) is 0. The van der Waals surface area contributed by atoms with E-state index < -0.39 is 0 Å². The molecule has 2 aliphatic heterocycles. The van der Waals surface area contributed by atoms with Gasteiger partial charge in [0.2, 0.25) is 0 Å². The Morgan fingerprint density at radius 3 is 2.36 bits per heavy atom. The molecule has 2 saturated heterocycles. The van der Waals surface area contributed by atoms with Crippen molar-refractivity contribution < 1.29 is 0 Å². The van der Waals surface area contributed by atoms with Crippen LogP contribution in [-0.4, -0.2) is 29.1 Å². The highest BCUT2D eigenvalue weighted by Gasteiger charge is 2.50. The number of nitrogens with one attached hydrogen (secondary N) is 1. The van der Waals surface area contributed by atoms with Crippen molar-refractivity contribution in [3.05, 3.63) is 24.3 Å². The first-order valence-corrected chi connectivity index (χ1v) is 10.7. The number of nitrogens with two attached hydrogens (primary N) is 1. The maximum Gasteiger partial charge on any atom is 0.0576 e. The molecule has 1 aromatic rings. The summed E-state index contributed by atoms with van der Waals surface area (Å²) in [5, 5.41) is 3.81. The Kier molecular flexibility index (Phi) is 4.16. The summed E-state index contributed by atoms with van der Waals surface area (Å²) >= 11 is 0. The maximum atomic E-state index is 6.18. The Bertz CT molecular complexity index is 601. The molecule has 136 valence electrons.